The van der Waals surface area contributed by atoms with E-state index in [1.807, 2.05) is 13.8 Å². The summed E-state index contributed by atoms with van der Waals surface area (Å²) in [6, 6.07) is -11.4. The summed E-state index contributed by atoms with van der Waals surface area (Å²) in [4.78, 5) is 160. The number of rotatable bonds is 32. The molecule has 26 nitrogen and oxygen atoms in total. The van der Waals surface area contributed by atoms with Crippen molar-refractivity contribution in [2.75, 3.05) is 31.6 Å². The number of aliphatic hydroxyl groups is 1. The number of thioether (sulfide) groups is 1. The third-order valence-corrected chi connectivity index (χ3v) is 13.3. The second-order valence-corrected chi connectivity index (χ2v) is 21.3. The maximum absolute atomic E-state index is 14.1. The van der Waals surface area contributed by atoms with Crippen LogP contribution in [0.5, 0.6) is 0 Å². The topological polar surface area (TPSA) is 414 Å². The average Bonchev–Trinajstić information content (AvgIpc) is 4.03. The molecule has 0 saturated carbocycles. The largest absolute Gasteiger partial charge is 0.480 e. The molecule has 2 aliphatic rings. The number of nitrogens with zero attached hydrogens (tertiary/aromatic N) is 2. The van der Waals surface area contributed by atoms with E-state index in [9.17, 15) is 67.7 Å². The molecule has 424 valence electrons. The molecule has 0 radical (unpaired) electrons. The van der Waals surface area contributed by atoms with Gasteiger partial charge in [-0.15, -0.1) is 0 Å². The van der Waals surface area contributed by atoms with Gasteiger partial charge in [0.05, 0.1) is 18.7 Å². The zero-order valence-corrected chi connectivity index (χ0v) is 45.3. The van der Waals surface area contributed by atoms with Gasteiger partial charge in [0.1, 0.15) is 48.3 Å². The number of nitrogens with one attached hydrogen (secondary N) is 7. The molecule has 10 atom stereocenters. The maximum Gasteiger partial charge on any atom is 0.326 e. The molecule has 0 aromatic heterocycles. The molecule has 2 aliphatic heterocycles. The molecule has 0 bridgehead atoms. The molecule has 0 aromatic rings. The average molecular weight is 1080 g/mol. The predicted molar refractivity (Wildman–Crippen MR) is 275 cm³/mol. The van der Waals surface area contributed by atoms with Crippen LogP contribution in [0.4, 0.5) is 0 Å². The van der Waals surface area contributed by atoms with E-state index in [0.717, 1.165) is 0 Å². The monoisotopic (exact) mass is 1080 g/mol. The summed E-state index contributed by atoms with van der Waals surface area (Å²) < 4.78 is 0. The molecule has 2 heterocycles. The van der Waals surface area contributed by atoms with Gasteiger partial charge in [0.2, 0.25) is 65.0 Å². The molecular formula is C48H82N12O14S. The van der Waals surface area contributed by atoms with E-state index in [0.29, 0.717) is 25.0 Å². The number of hydrogen-bond donors (Lipinski definition) is 12. The minimum atomic E-state index is -1.69. The number of primary amides is 2. The first-order valence-electron chi connectivity index (χ1n) is 25.5. The minimum absolute atomic E-state index is 0.00762. The molecule has 15 N–H and O–H groups in total. The Morgan fingerprint density at radius 1 is 0.587 bits per heavy atom. The lowest BCUT2D eigenvalue weighted by Crippen LogP contribution is -2.62. The fraction of sp³-hybridized carbons (Fsp3) is 0.750. The summed E-state index contributed by atoms with van der Waals surface area (Å²) in [6.45, 7) is 11.4. The van der Waals surface area contributed by atoms with Gasteiger partial charge >= 0.3 is 5.97 Å². The van der Waals surface area contributed by atoms with E-state index < -0.39 is 144 Å². The molecule has 11 amide bonds. The van der Waals surface area contributed by atoms with Crippen LogP contribution in [0.3, 0.4) is 0 Å². The standard InChI is InChI=1S/C48H82N12O14S/c1-24(2)21-31(55-45(70)33-11-9-19-60(33)47(72)34-12-10-18-59(34)37(64)23-52-40(65)28(49)13-15-35(50)62)43(68)54-30(17-20-75-8)42(67)58-39(27(7)61)46(71)56-32(22-25(3)4)44(69)53-29(14-16-36(51)63)41(66)57-38(26(5)6)48(73)74/h24-34,38-39,61H,9-23,49H2,1-8H3,(H2,50,62)(H2,51,63)(H,52,65)(H,53,69)(H,54,68)(H,55,70)(H,56,71)(H,57,66)(H,58,67)(H,73,74)/t27-,28+,29+,30+,31+,32+,33+,34+,38+,39+/m1/s1. The highest BCUT2D eigenvalue weighted by molar-refractivity contribution is 7.98. The van der Waals surface area contributed by atoms with Crippen LogP contribution in [-0.2, 0) is 57.5 Å². The highest BCUT2D eigenvalue weighted by Gasteiger charge is 2.43. The second kappa shape index (κ2) is 31.7. The van der Waals surface area contributed by atoms with Crippen molar-refractivity contribution in [3.8, 4) is 0 Å². The number of carbonyl (C=O) groups is 12. The van der Waals surface area contributed by atoms with Gasteiger partial charge in [0.15, 0.2) is 0 Å². The van der Waals surface area contributed by atoms with Crippen LogP contribution >= 0.6 is 11.8 Å². The number of carboxylic acids is 1. The van der Waals surface area contributed by atoms with Crippen LogP contribution in [0, 0.1) is 17.8 Å². The summed E-state index contributed by atoms with van der Waals surface area (Å²) >= 11 is 1.35. The van der Waals surface area contributed by atoms with Crippen molar-refractivity contribution in [3.63, 3.8) is 0 Å². The number of aliphatic hydroxyl groups excluding tert-OH is 1. The van der Waals surface area contributed by atoms with E-state index in [-0.39, 0.29) is 76.3 Å². The number of likely N-dealkylation sites (tertiary alicyclic amines) is 2. The molecule has 0 spiro atoms. The summed E-state index contributed by atoms with van der Waals surface area (Å²) in [5.41, 5.74) is 16.3. The van der Waals surface area contributed by atoms with E-state index in [2.05, 4.69) is 37.2 Å². The third kappa shape index (κ3) is 21.6. The van der Waals surface area contributed by atoms with Crippen LogP contribution in [0.1, 0.15) is 119 Å². The van der Waals surface area contributed by atoms with Gasteiger partial charge in [-0.2, -0.15) is 11.8 Å². The van der Waals surface area contributed by atoms with Crippen molar-refractivity contribution in [2.45, 2.75) is 180 Å². The Hall–Kier alpha value is -6.09. The Bertz CT molecular complexity index is 2040. The van der Waals surface area contributed by atoms with E-state index >= 15 is 0 Å². The Morgan fingerprint density at radius 2 is 1.05 bits per heavy atom. The van der Waals surface area contributed by atoms with Crippen LogP contribution < -0.4 is 54.4 Å². The first-order chi connectivity index (χ1) is 35.1. The maximum atomic E-state index is 14.1. The lowest BCUT2D eigenvalue weighted by Gasteiger charge is -2.32. The highest BCUT2D eigenvalue weighted by atomic mass is 32.2. The van der Waals surface area contributed by atoms with Crippen LogP contribution in [0.15, 0.2) is 0 Å². The lowest BCUT2D eigenvalue weighted by atomic mass is 10.00. The lowest BCUT2D eigenvalue weighted by molar-refractivity contribution is -0.147. The Morgan fingerprint density at radius 3 is 1.55 bits per heavy atom. The predicted octanol–water partition coefficient (Wildman–Crippen LogP) is -3.18. The quantitative estimate of drug-likeness (QED) is 0.0316. The van der Waals surface area contributed by atoms with Gasteiger partial charge in [0.25, 0.3) is 0 Å². The fourth-order valence-corrected chi connectivity index (χ4v) is 9.08. The Kier molecular flexibility index (Phi) is 27.5. The van der Waals surface area contributed by atoms with Crippen molar-refractivity contribution in [1.29, 1.82) is 0 Å². The number of nitrogens with two attached hydrogens (primary N) is 3. The molecule has 2 saturated heterocycles. The minimum Gasteiger partial charge on any atom is -0.480 e. The molecule has 0 unspecified atom stereocenters. The van der Waals surface area contributed by atoms with Gasteiger partial charge in [-0.25, -0.2) is 4.79 Å². The number of hydrogen-bond acceptors (Lipinski definition) is 15. The number of carbonyl (C=O) groups excluding carboxylic acids is 11. The summed E-state index contributed by atoms with van der Waals surface area (Å²) in [7, 11) is 0. The fourth-order valence-electron chi connectivity index (χ4n) is 8.61. The van der Waals surface area contributed by atoms with Crippen molar-refractivity contribution in [1.82, 2.24) is 47.0 Å². The summed E-state index contributed by atoms with van der Waals surface area (Å²) in [5.74, 6) is -10.1. The first kappa shape index (κ1) is 65.0. The van der Waals surface area contributed by atoms with Crippen LogP contribution in [-0.4, -0.2) is 183 Å². The molecule has 75 heavy (non-hydrogen) atoms. The SMILES string of the molecule is CSCC[C@H](NC(=O)[C@H](CC(C)C)NC(=O)[C@@H]1CCCN1C(=O)[C@@H]1CCCN1C(=O)CNC(=O)[C@@H](N)CCC(N)=O)C(=O)N[C@H](C(=O)N[C@@H](CC(C)C)C(=O)N[C@@H](CCC(N)=O)C(=O)N[C@H](C(=O)O)C(C)C)[C@@H](C)O. The smallest absolute Gasteiger partial charge is 0.326 e. The van der Waals surface area contributed by atoms with Gasteiger partial charge in [-0.3, -0.25) is 52.7 Å². The number of amides is 11. The molecule has 2 rings (SSSR count). The number of carboxylic acid groups (broad SMARTS) is 1. The Labute approximate surface area is 442 Å². The second-order valence-electron chi connectivity index (χ2n) is 20.3. The zero-order chi connectivity index (χ0) is 56.9. The molecule has 0 aliphatic carbocycles. The van der Waals surface area contributed by atoms with Crippen LogP contribution in [0.2, 0.25) is 0 Å². The number of aliphatic carboxylic acids is 1. The van der Waals surface area contributed by atoms with Crippen molar-refractivity contribution >= 4 is 82.7 Å². The first-order valence-corrected chi connectivity index (χ1v) is 26.9. The van der Waals surface area contributed by atoms with Crippen molar-refractivity contribution in [3.05, 3.63) is 0 Å². The van der Waals surface area contributed by atoms with Gasteiger partial charge in [-0.05, 0) is 94.5 Å². The van der Waals surface area contributed by atoms with E-state index in [1.165, 1.54) is 28.5 Å². The summed E-state index contributed by atoms with van der Waals surface area (Å²) in [6.07, 6.45) is 1.05. The van der Waals surface area contributed by atoms with Gasteiger partial charge < -0.3 is 74.4 Å². The third-order valence-electron chi connectivity index (χ3n) is 12.7. The zero-order valence-electron chi connectivity index (χ0n) is 44.4. The van der Waals surface area contributed by atoms with Crippen LogP contribution in [0.25, 0.3) is 0 Å². The molecule has 2 fully saturated rings. The van der Waals surface area contributed by atoms with Gasteiger partial charge in [-0.1, -0.05) is 41.5 Å². The van der Waals surface area contributed by atoms with E-state index in [4.69, 9.17) is 17.2 Å². The normalized spacial score (nSPS) is 18.6. The molecule has 27 heteroatoms. The van der Waals surface area contributed by atoms with Crippen molar-refractivity contribution < 1.29 is 67.7 Å². The molecule has 0 aromatic carbocycles. The van der Waals surface area contributed by atoms with E-state index in [1.54, 1.807) is 34.0 Å². The van der Waals surface area contributed by atoms with Crippen molar-refractivity contribution in [2.24, 2.45) is 35.0 Å². The summed E-state index contributed by atoms with van der Waals surface area (Å²) in [5, 5.41) is 38.2. The Balaban J connectivity index is 2.27. The molecular weight excluding hydrogens is 1000 g/mol. The van der Waals surface area contributed by atoms with Gasteiger partial charge in [0, 0.05) is 25.9 Å². The highest BCUT2D eigenvalue weighted by Crippen LogP contribution is 2.26.